The van der Waals surface area contributed by atoms with Gasteiger partial charge >= 0.3 is 6.18 Å². The minimum absolute atomic E-state index is 0.0322. The number of benzene rings is 1. The number of ether oxygens (including phenoxy) is 1. The van der Waals surface area contributed by atoms with E-state index in [2.05, 4.69) is 5.32 Å². The third-order valence-corrected chi connectivity index (χ3v) is 3.17. The second kappa shape index (κ2) is 7.20. The highest BCUT2D eigenvalue weighted by molar-refractivity contribution is 5.30. The minimum atomic E-state index is -4.78. The van der Waals surface area contributed by atoms with E-state index in [1.165, 1.54) is 13.0 Å². The first-order chi connectivity index (χ1) is 9.68. The standard InChI is InChI=1S/C14H19F4NO2/c1-13(20,5-6-19-7-8-21-2)10-3-4-12(15)11(9-10)14(16,17)18/h3-4,9,19-20H,5-8H2,1-2H3. The van der Waals surface area contributed by atoms with Crippen LogP contribution in [0, 0.1) is 5.82 Å². The number of hydrogen-bond donors (Lipinski definition) is 2. The van der Waals surface area contributed by atoms with Gasteiger partial charge < -0.3 is 15.2 Å². The summed E-state index contributed by atoms with van der Waals surface area (Å²) in [6, 6.07) is 2.55. The molecular formula is C14H19F4NO2. The summed E-state index contributed by atoms with van der Waals surface area (Å²) in [4.78, 5) is 0. The maximum Gasteiger partial charge on any atom is 0.419 e. The van der Waals surface area contributed by atoms with Crippen LogP contribution >= 0.6 is 0 Å². The second-order valence-electron chi connectivity index (χ2n) is 4.96. The molecule has 0 saturated heterocycles. The third-order valence-electron chi connectivity index (χ3n) is 3.17. The average molecular weight is 309 g/mol. The molecule has 1 aromatic carbocycles. The number of hydrogen-bond acceptors (Lipinski definition) is 3. The first-order valence-corrected chi connectivity index (χ1v) is 6.48. The molecule has 0 aromatic heterocycles. The van der Waals surface area contributed by atoms with E-state index in [-0.39, 0.29) is 12.0 Å². The molecule has 7 heteroatoms. The summed E-state index contributed by atoms with van der Waals surface area (Å²) in [6.45, 7) is 2.87. The first-order valence-electron chi connectivity index (χ1n) is 6.48. The summed E-state index contributed by atoms with van der Waals surface area (Å²) in [6.07, 6.45) is -4.59. The van der Waals surface area contributed by atoms with Crippen LogP contribution in [0.3, 0.4) is 0 Å². The Morgan fingerprint density at radius 2 is 1.90 bits per heavy atom. The molecule has 21 heavy (non-hydrogen) atoms. The van der Waals surface area contributed by atoms with E-state index >= 15 is 0 Å². The SMILES string of the molecule is COCCNCCC(C)(O)c1ccc(F)c(C(F)(F)F)c1. The number of halogens is 4. The molecule has 0 aliphatic rings. The van der Waals surface area contributed by atoms with Crippen molar-refractivity contribution in [3.63, 3.8) is 0 Å². The maximum atomic E-state index is 13.2. The van der Waals surface area contributed by atoms with Gasteiger partial charge in [0.1, 0.15) is 5.82 Å². The highest BCUT2D eigenvalue weighted by atomic mass is 19.4. The van der Waals surface area contributed by atoms with Gasteiger partial charge in [0.25, 0.3) is 0 Å². The van der Waals surface area contributed by atoms with Crippen molar-refractivity contribution in [2.45, 2.75) is 25.1 Å². The Hall–Kier alpha value is -1.18. The smallest absolute Gasteiger partial charge is 0.385 e. The van der Waals surface area contributed by atoms with Crippen LogP contribution in [0.1, 0.15) is 24.5 Å². The Balaban J connectivity index is 2.79. The molecule has 1 atom stereocenters. The van der Waals surface area contributed by atoms with Gasteiger partial charge in [0, 0.05) is 13.7 Å². The fourth-order valence-corrected chi connectivity index (χ4v) is 1.85. The molecule has 1 aromatic rings. The molecule has 0 fully saturated rings. The van der Waals surface area contributed by atoms with Crippen molar-refractivity contribution in [1.29, 1.82) is 0 Å². The lowest BCUT2D eigenvalue weighted by atomic mass is 9.91. The van der Waals surface area contributed by atoms with Gasteiger partial charge in [-0.2, -0.15) is 13.2 Å². The average Bonchev–Trinajstić information content (AvgIpc) is 2.37. The second-order valence-corrected chi connectivity index (χ2v) is 4.96. The van der Waals surface area contributed by atoms with Crippen molar-refractivity contribution in [2.75, 3.05) is 26.8 Å². The number of aliphatic hydroxyl groups is 1. The summed E-state index contributed by atoms with van der Waals surface area (Å²) in [5, 5.41) is 13.2. The van der Waals surface area contributed by atoms with Crippen LogP contribution in [-0.4, -0.2) is 31.9 Å². The van der Waals surface area contributed by atoms with Gasteiger partial charge in [-0.3, -0.25) is 0 Å². The van der Waals surface area contributed by atoms with Gasteiger partial charge in [-0.15, -0.1) is 0 Å². The minimum Gasteiger partial charge on any atom is -0.385 e. The molecule has 0 saturated carbocycles. The van der Waals surface area contributed by atoms with Gasteiger partial charge in [-0.25, -0.2) is 4.39 Å². The molecule has 0 spiro atoms. The molecule has 120 valence electrons. The fourth-order valence-electron chi connectivity index (χ4n) is 1.85. The number of nitrogens with one attached hydrogen (secondary N) is 1. The maximum absolute atomic E-state index is 13.2. The van der Waals surface area contributed by atoms with E-state index in [0.717, 1.165) is 6.07 Å². The van der Waals surface area contributed by atoms with E-state index in [1.54, 1.807) is 7.11 Å². The lowest BCUT2D eigenvalue weighted by molar-refractivity contribution is -0.140. The van der Waals surface area contributed by atoms with Crippen molar-refractivity contribution >= 4 is 0 Å². The van der Waals surface area contributed by atoms with E-state index in [0.29, 0.717) is 25.8 Å². The normalized spacial score (nSPS) is 15.0. The monoisotopic (exact) mass is 309 g/mol. The van der Waals surface area contributed by atoms with Crippen LogP contribution in [-0.2, 0) is 16.5 Å². The Morgan fingerprint density at radius 3 is 2.48 bits per heavy atom. The lowest BCUT2D eigenvalue weighted by Crippen LogP contribution is -2.29. The van der Waals surface area contributed by atoms with Crippen molar-refractivity contribution in [1.82, 2.24) is 5.32 Å². The van der Waals surface area contributed by atoms with Crippen LogP contribution in [0.2, 0.25) is 0 Å². The third kappa shape index (κ3) is 5.26. The fraction of sp³-hybridized carbons (Fsp3) is 0.571. The topological polar surface area (TPSA) is 41.5 Å². The highest BCUT2D eigenvalue weighted by Crippen LogP contribution is 2.34. The Labute approximate surface area is 120 Å². The number of rotatable bonds is 7. The predicted molar refractivity (Wildman–Crippen MR) is 70.3 cm³/mol. The van der Waals surface area contributed by atoms with Crippen LogP contribution in [0.15, 0.2) is 18.2 Å². The lowest BCUT2D eigenvalue weighted by Gasteiger charge is -2.25. The summed E-state index contributed by atoms with van der Waals surface area (Å²) in [5.74, 6) is -1.35. The zero-order valence-corrected chi connectivity index (χ0v) is 11.9. The van der Waals surface area contributed by atoms with Gasteiger partial charge in [-0.05, 0) is 37.6 Å². The van der Waals surface area contributed by atoms with Gasteiger partial charge in [0.2, 0.25) is 0 Å². The molecule has 0 aliphatic heterocycles. The molecule has 1 rings (SSSR count). The number of alkyl halides is 3. The van der Waals surface area contributed by atoms with Gasteiger partial charge in [0.05, 0.1) is 17.8 Å². The van der Waals surface area contributed by atoms with E-state index < -0.39 is 23.2 Å². The predicted octanol–water partition coefficient (Wildman–Crippen LogP) is 2.68. The molecule has 3 nitrogen and oxygen atoms in total. The molecule has 0 heterocycles. The summed E-state index contributed by atoms with van der Waals surface area (Å²) in [5.41, 5.74) is -2.81. The molecule has 0 aliphatic carbocycles. The van der Waals surface area contributed by atoms with Crippen molar-refractivity contribution in [3.8, 4) is 0 Å². The van der Waals surface area contributed by atoms with E-state index in [9.17, 15) is 22.7 Å². The quantitative estimate of drug-likeness (QED) is 0.601. The molecule has 1 unspecified atom stereocenters. The van der Waals surface area contributed by atoms with E-state index in [1.807, 2.05) is 0 Å². The first kappa shape index (κ1) is 17.9. The molecule has 0 radical (unpaired) electrons. The summed E-state index contributed by atoms with van der Waals surface area (Å²) in [7, 11) is 1.55. The molecule has 2 N–H and O–H groups in total. The largest absolute Gasteiger partial charge is 0.419 e. The van der Waals surface area contributed by atoms with Crippen LogP contribution < -0.4 is 5.32 Å². The van der Waals surface area contributed by atoms with Crippen LogP contribution in [0.25, 0.3) is 0 Å². The zero-order valence-electron chi connectivity index (χ0n) is 11.9. The Bertz CT molecular complexity index is 461. The van der Waals surface area contributed by atoms with Gasteiger partial charge in [-0.1, -0.05) is 6.07 Å². The van der Waals surface area contributed by atoms with Gasteiger partial charge in [0.15, 0.2) is 0 Å². The molecule has 0 bridgehead atoms. The molecular weight excluding hydrogens is 290 g/mol. The van der Waals surface area contributed by atoms with Crippen LogP contribution in [0.4, 0.5) is 17.6 Å². The van der Waals surface area contributed by atoms with E-state index in [4.69, 9.17) is 4.74 Å². The van der Waals surface area contributed by atoms with Crippen molar-refractivity contribution in [3.05, 3.63) is 35.1 Å². The Kier molecular flexibility index (Phi) is 6.12. The molecule has 0 amide bonds. The summed E-state index contributed by atoms with van der Waals surface area (Å²) < 4.78 is 56.0. The summed E-state index contributed by atoms with van der Waals surface area (Å²) >= 11 is 0. The van der Waals surface area contributed by atoms with Crippen LogP contribution in [0.5, 0.6) is 0 Å². The number of methoxy groups -OCH3 is 1. The highest BCUT2D eigenvalue weighted by Gasteiger charge is 2.36. The van der Waals surface area contributed by atoms with Crippen molar-refractivity contribution < 1.29 is 27.4 Å². The van der Waals surface area contributed by atoms with Crippen molar-refractivity contribution in [2.24, 2.45) is 0 Å². The Morgan fingerprint density at radius 1 is 1.24 bits per heavy atom. The zero-order chi connectivity index (χ0) is 16.1.